The molecule has 4 heterocycles. The van der Waals surface area contributed by atoms with Crippen LogP contribution in [0.5, 0.6) is 0 Å². The molecule has 1 saturated heterocycles. The molecule has 0 unspecified atom stereocenters. The number of H-pyrrole nitrogens is 2. The normalized spacial score (nSPS) is 16.0. The van der Waals surface area contributed by atoms with E-state index in [1.165, 1.54) is 6.33 Å². The van der Waals surface area contributed by atoms with Crippen molar-refractivity contribution in [3.8, 4) is 5.69 Å². The average Bonchev–Trinajstić information content (AvgIpc) is 3.05. The van der Waals surface area contributed by atoms with Crippen LogP contribution < -0.4 is 16.1 Å². The molecule has 3 aromatic rings. The monoisotopic (exact) mass is 327 g/mol. The largest absolute Gasteiger partial charge is 0.354 e. The second-order valence-corrected chi connectivity index (χ2v) is 5.86. The Morgan fingerprint density at radius 1 is 1.08 bits per heavy atom. The van der Waals surface area contributed by atoms with Crippen LogP contribution in [0, 0.1) is 0 Å². The Kier molecular flexibility index (Phi) is 3.42. The molecule has 1 fully saturated rings. The van der Waals surface area contributed by atoms with E-state index >= 15 is 0 Å². The molecule has 3 aromatic heterocycles. The van der Waals surface area contributed by atoms with E-state index < -0.39 is 11.2 Å². The van der Waals surface area contributed by atoms with Gasteiger partial charge in [0.25, 0.3) is 5.56 Å². The summed E-state index contributed by atoms with van der Waals surface area (Å²) in [6.07, 6.45) is 2.92. The topological polar surface area (TPSA) is 103 Å². The van der Waals surface area contributed by atoms with E-state index in [0.29, 0.717) is 5.69 Å². The number of hydrogen-bond acceptors (Lipinski definition) is 6. The molecule has 1 aliphatic rings. The molecule has 2 N–H and O–H groups in total. The summed E-state index contributed by atoms with van der Waals surface area (Å²) in [6.45, 7) is 3.78. The fraction of sp³-hybridized carbons (Fsp3) is 0.333. The molecule has 24 heavy (non-hydrogen) atoms. The van der Waals surface area contributed by atoms with Gasteiger partial charge in [0.2, 0.25) is 0 Å². The number of aromatic amines is 2. The maximum atomic E-state index is 12.5. The zero-order chi connectivity index (χ0) is 16.7. The number of imidazole rings is 1. The molecule has 124 valence electrons. The molecule has 0 aromatic carbocycles. The fourth-order valence-corrected chi connectivity index (χ4v) is 2.88. The van der Waals surface area contributed by atoms with E-state index in [9.17, 15) is 9.59 Å². The standard InChI is InChI=1S/C15H17N7O2/c1-20-4-6-21(7-5-20)11-3-2-10(8-16-11)22-14(23)12-13(18-9-17-12)19-15(22)24/h2-3,8-9H,4-7H2,1H3,(H,17,18)(H,19,24). The number of anilines is 1. The van der Waals surface area contributed by atoms with Crippen molar-refractivity contribution in [2.75, 3.05) is 38.1 Å². The lowest BCUT2D eigenvalue weighted by Gasteiger charge is -2.33. The van der Waals surface area contributed by atoms with Crippen molar-refractivity contribution in [2.45, 2.75) is 0 Å². The van der Waals surface area contributed by atoms with Crippen molar-refractivity contribution >= 4 is 17.0 Å². The second kappa shape index (κ2) is 5.60. The minimum absolute atomic E-state index is 0.253. The first-order chi connectivity index (χ1) is 11.6. The number of piperazine rings is 1. The smallest absolute Gasteiger partial charge is 0.334 e. The van der Waals surface area contributed by atoms with E-state index in [0.717, 1.165) is 36.6 Å². The number of nitrogens with one attached hydrogen (secondary N) is 2. The van der Waals surface area contributed by atoms with Gasteiger partial charge in [-0.25, -0.2) is 19.3 Å². The van der Waals surface area contributed by atoms with E-state index in [4.69, 9.17) is 0 Å². The number of hydrogen-bond donors (Lipinski definition) is 2. The lowest BCUT2D eigenvalue weighted by Crippen LogP contribution is -2.44. The van der Waals surface area contributed by atoms with Crippen LogP contribution in [0.2, 0.25) is 0 Å². The summed E-state index contributed by atoms with van der Waals surface area (Å²) in [5.74, 6) is 0.846. The summed E-state index contributed by atoms with van der Waals surface area (Å²) in [4.78, 5) is 42.8. The molecule has 1 aliphatic heterocycles. The molecule has 0 aliphatic carbocycles. The van der Waals surface area contributed by atoms with Gasteiger partial charge >= 0.3 is 5.69 Å². The van der Waals surface area contributed by atoms with Gasteiger partial charge in [0.1, 0.15) is 11.3 Å². The van der Waals surface area contributed by atoms with Gasteiger partial charge in [-0.15, -0.1) is 0 Å². The molecule has 0 atom stereocenters. The van der Waals surface area contributed by atoms with Gasteiger partial charge in [-0.1, -0.05) is 0 Å². The Bertz CT molecular complexity index is 977. The Hall–Kier alpha value is -2.94. The minimum atomic E-state index is -0.534. The predicted octanol–water partition coefficient (Wildman–Crippen LogP) is -0.451. The van der Waals surface area contributed by atoms with Crippen molar-refractivity contribution in [3.05, 3.63) is 45.5 Å². The molecule has 0 saturated carbocycles. The first-order valence-electron chi connectivity index (χ1n) is 7.72. The molecule has 0 spiro atoms. The van der Waals surface area contributed by atoms with Gasteiger partial charge in [0.15, 0.2) is 5.65 Å². The van der Waals surface area contributed by atoms with Crippen molar-refractivity contribution in [3.63, 3.8) is 0 Å². The number of rotatable bonds is 2. The minimum Gasteiger partial charge on any atom is -0.354 e. The van der Waals surface area contributed by atoms with Crippen LogP contribution >= 0.6 is 0 Å². The highest BCUT2D eigenvalue weighted by atomic mass is 16.2. The van der Waals surface area contributed by atoms with E-state index in [1.807, 2.05) is 6.07 Å². The Labute approximate surface area is 136 Å². The summed E-state index contributed by atoms with van der Waals surface area (Å²) >= 11 is 0. The van der Waals surface area contributed by atoms with Crippen LogP contribution in [0.15, 0.2) is 34.2 Å². The maximum absolute atomic E-state index is 12.5. The first kappa shape index (κ1) is 14.6. The van der Waals surface area contributed by atoms with E-state index in [1.54, 1.807) is 12.3 Å². The molecule has 0 amide bonds. The quantitative estimate of drug-likeness (QED) is 0.661. The highest BCUT2D eigenvalue weighted by Crippen LogP contribution is 2.14. The van der Waals surface area contributed by atoms with Crippen LogP contribution in [0.3, 0.4) is 0 Å². The van der Waals surface area contributed by atoms with Crippen LogP contribution in [0.4, 0.5) is 5.82 Å². The molecular weight excluding hydrogens is 310 g/mol. The molecular formula is C15H17N7O2. The Balaban J connectivity index is 1.71. The summed E-state index contributed by atoms with van der Waals surface area (Å²) in [6, 6.07) is 3.57. The summed E-state index contributed by atoms with van der Waals surface area (Å²) < 4.78 is 1.06. The van der Waals surface area contributed by atoms with Gasteiger partial charge in [-0.3, -0.25) is 9.78 Å². The van der Waals surface area contributed by atoms with Crippen LogP contribution in [0.25, 0.3) is 16.9 Å². The van der Waals surface area contributed by atoms with E-state index in [-0.39, 0.29) is 11.2 Å². The fourth-order valence-electron chi connectivity index (χ4n) is 2.88. The first-order valence-corrected chi connectivity index (χ1v) is 7.72. The van der Waals surface area contributed by atoms with Crippen LogP contribution in [-0.2, 0) is 0 Å². The van der Waals surface area contributed by atoms with Crippen LogP contribution in [0.1, 0.15) is 0 Å². The molecule has 0 radical (unpaired) electrons. The maximum Gasteiger partial charge on any atom is 0.334 e. The second-order valence-electron chi connectivity index (χ2n) is 5.86. The number of fused-ring (bicyclic) bond motifs is 1. The van der Waals surface area contributed by atoms with Crippen molar-refractivity contribution < 1.29 is 0 Å². The van der Waals surface area contributed by atoms with Crippen molar-refractivity contribution in [2.24, 2.45) is 0 Å². The summed E-state index contributed by atoms with van der Waals surface area (Å²) in [7, 11) is 2.10. The molecule has 9 heteroatoms. The lowest BCUT2D eigenvalue weighted by atomic mass is 10.3. The van der Waals surface area contributed by atoms with Gasteiger partial charge in [0, 0.05) is 26.2 Å². The highest BCUT2D eigenvalue weighted by molar-refractivity contribution is 5.68. The Morgan fingerprint density at radius 2 is 1.88 bits per heavy atom. The zero-order valence-corrected chi connectivity index (χ0v) is 13.2. The number of likely N-dealkylation sites (N-methyl/N-ethyl adjacent to an activating group) is 1. The third-order valence-electron chi connectivity index (χ3n) is 4.30. The average molecular weight is 327 g/mol. The summed E-state index contributed by atoms with van der Waals surface area (Å²) in [5, 5.41) is 0. The number of pyridine rings is 1. The van der Waals surface area contributed by atoms with Gasteiger partial charge < -0.3 is 14.8 Å². The van der Waals surface area contributed by atoms with Gasteiger partial charge in [-0.2, -0.15) is 0 Å². The summed E-state index contributed by atoms with van der Waals surface area (Å²) in [5.41, 5.74) is -0.0363. The van der Waals surface area contributed by atoms with Crippen molar-refractivity contribution in [1.82, 2.24) is 29.4 Å². The Morgan fingerprint density at radius 3 is 2.58 bits per heavy atom. The van der Waals surface area contributed by atoms with Gasteiger partial charge in [-0.05, 0) is 19.2 Å². The number of nitrogens with zero attached hydrogens (tertiary/aromatic N) is 5. The number of aromatic nitrogens is 5. The molecule has 0 bridgehead atoms. The van der Waals surface area contributed by atoms with Gasteiger partial charge in [0.05, 0.1) is 18.2 Å². The third kappa shape index (κ3) is 2.38. The van der Waals surface area contributed by atoms with Crippen LogP contribution in [-0.4, -0.2) is 62.6 Å². The van der Waals surface area contributed by atoms with Crippen molar-refractivity contribution in [1.29, 1.82) is 0 Å². The lowest BCUT2D eigenvalue weighted by molar-refractivity contribution is 0.312. The molecule has 4 rings (SSSR count). The van der Waals surface area contributed by atoms with E-state index in [2.05, 4.69) is 36.8 Å². The molecule has 9 nitrogen and oxygen atoms in total. The predicted molar refractivity (Wildman–Crippen MR) is 89.8 cm³/mol. The highest BCUT2D eigenvalue weighted by Gasteiger charge is 2.16. The zero-order valence-electron chi connectivity index (χ0n) is 13.2. The SMILES string of the molecule is CN1CCN(c2ccc(-n3c(=O)[nH]c4nc[nH]c4c3=O)cn2)CC1. The third-order valence-corrected chi connectivity index (χ3v) is 4.30.